The van der Waals surface area contributed by atoms with Crippen LogP contribution in [0.3, 0.4) is 0 Å². The Morgan fingerprint density at radius 1 is 1.13 bits per heavy atom. The van der Waals surface area contributed by atoms with Crippen LogP contribution in [0.15, 0.2) is 42.5 Å². The van der Waals surface area contributed by atoms with Crippen molar-refractivity contribution < 1.29 is 18.8 Å². The van der Waals surface area contributed by atoms with Crippen molar-refractivity contribution in [3.05, 3.63) is 64.4 Å². The molecule has 31 heavy (non-hydrogen) atoms. The van der Waals surface area contributed by atoms with Crippen molar-refractivity contribution in [1.29, 1.82) is 0 Å². The standard InChI is InChI=1S/C23H21ClFN3O3/c1-11(2)19-17-18(21(30)28(20(17)29)10-12-5-3-4-6-15(12)24)23(27-19)14-9-13(25)7-8-16(14)26-22(23)31/h3-9,11,17-19,27H,10H2,1-2H3,(H,26,31)/t17-,18-,19-,23+/m0/s1. The molecular formula is C23H21ClFN3O3. The summed E-state index contributed by atoms with van der Waals surface area (Å²) < 4.78 is 14.2. The molecule has 1 spiro atoms. The van der Waals surface area contributed by atoms with E-state index in [0.29, 0.717) is 21.8 Å². The number of benzene rings is 2. The van der Waals surface area contributed by atoms with Gasteiger partial charge in [-0.15, -0.1) is 0 Å². The van der Waals surface area contributed by atoms with Gasteiger partial charge >= 0.3 is 0 Å². The molecule has 0 aliphatic carbocycles. The number of amides is 3. The number of fused-ring (bicyclic) bond motifs is 4. The monoisotopic (exact) mass is 441 g/mol. The minimum atomic E-state index is -1.49. The minimum Gasteiger partial charge on any atom is -0.324 e. The van der Waals surface area contributed by atoms with Crippen LogP contribution in [0.25, 0.3) is 0 Å². The number of hydrogen-bond donors (Lipinski definition) is 2. The number of anilines is 1. The van der Waals surface area contributed by atoms with Crippen LogP contribution in [0, 0.1) is 23.6 Å². The Morgan fingerprint density at radius 3 is 2.58 bits per heavy atom. The number of halogens is 2. The molecule has 6 nitrogen and oxygen atoms in total. The average Bonchev–Trinajstić information content (AvgIpc) is 3.31. The van der Waals surface area contributed by atoms with Gasteiger partial charge in [-0.3, -0.25) is 24.6 Å². The molecule has 3 heterocycles. The molecule has 3 aliphatic heterocycles. The Balaban J connectivity index is 1.63. The quantitative estimate of drug-likeness (QED) is 0.717. The Bertz CT molecular complexity index is 1140. The molecule has 2 aromatic carbocycles. The predicted octanol–water partition coefficient (Wildman–Crippen LogP) is 3.06. The van der Waals surface area contributed by atoms with Crippen LogP contribution in [-0.4, -0.2) is 28.7 Å². The van der Waals surface area contributed by atoms with Gasteiger partial charge in [0.2, 0.25) is 17.7 Å². The van der Waals surface area contributed by atoms with E-state index in [1.54, 1.807) is 24.3 Å². The molecule has 8 heteroatoms. The van der Waals surface area contributed by atoms with Crippen molar-refractivity contribution in [2.24, 2.45) is 17.8 Å². The SMILES string of the molecule is CC(C)[C@@H]1N[C@@]2(C(=O)Nc3ccc(F)cc32)[C@@H]2C(=O)N(Cc3ccccc3Cl)C(=O)[C@@H]21. The lowest BCUT2D eigenvalue weighted by Gasteiger charge is -2.30. The minimum absolute atomic E-state index is 0.0306. The van der Waals surface area contributed by atoms with Crippen molar-refractivity contribution in [3.8, 4) is 0 Å². The Labute approximate surface area is 183 Å². The van der Waals surface area contributed by atoms with E-state index in [4.69, 9.17) is 11.6 Å². The van der Waals surface area contributed by atoms with Gasteiger partial charge in [-0.05, 0) is 35.7 Å². The second-order valence-electron chi connectivity index (χ2n) is 8.72. The van der Waals surface area contributed by atoms with Crippen molar-refractivity contribution in [3.63, 3.8) is 0 Å². The van der Waals surface area contributed by atoms with Gasteiger partial charge in [-0.1, -0.05) is 43.6 Å². The summed E-state index contributed by atoms with van der Waals surface area (Å²) in [5, 5.41) is 6.51. The number of nitrogens with one attached hydrogen (secondary N) is 2. The largest absolute Gasteiger partial charge is 0.324 e. The number of likely N-dealkylation sites (tertiary alicyclic amines) is 1. The van der Waals surface area contributed by atoms with E-state index >= 15 is 0 Å². The van der Waals surface area contributed by atoms with Crippen molar-refractivity contribution in [1.82, 2.24) is 10.2 Å². The maximum absolute atomic E-state index is 14.2. The first-order valence-electron chi connectivity index (χ1n) is 10.2. The lowest BCUT2D eigenvalue weighted by molar-refractivity contribution is -0.143. The molecule has 2 aromatic rings. The van der Waals surface area contributed by atoms with Crippen LogP contribution in [0.5, 0.6) is 0 Å². The molecule has 0 unspecified atom stereocenters. The van der Waals surface area contributed by atoms with Crippen molar-refractivity contribution >= 4 is 35.0 Å². The molecular weight excluding hydrogens is 421 g/mol. The molecule has 0 saturated carbocycles. The maximum Gasteiger partial charge on any atom is 0.250 e. The smallest absolute Gasteiger partial charge is 0.250 e. The lowest BCUT2D eigenvalue weighted by Crippen LogP contribution is -2.53. The third-order valence-electron chi connectivity index (χ3n) is 6.71. The number of imide groups is 1. The number of rotatable bonds is 3. The Morgan fingerprint density at radius 2 is 1.87 bits per heavy atom. The maximum atomic E-state index is 14.2. The fraction of sp³-hybridized carbons (Fsp3) is 0.348. The van der Waals surface area contributed by atoms with E-state index in [1.807, 2.05) is 13.8 Å². The number of hydrogen-bond acceptors (Lipinski definition) is 4. The van der Waals surface area contributed by atoms with Crippen LogP contribution in [-0.2, 0) is 26.5 Å². The van der Waals surface area contributed by atoms with E-state index in [2.05, 4.69) is 10.6 Å². The second-order valence-corrected chi connectivity index (χ2v) is 9.13. The highest BCUT2D eigenvalue weighted by Crippen LogP contribution is 2.54. The zero-order valence-electron chi connectivity index (χ0n) is 17.0. The highest BCUT2D eigenvalue weighted by Gasteiger charge is 2.70. The molecule has 4 atom stereocenters. The molecule has 3 aliphatic rings. The van der Waals surface area contributed by atoms with E-state index < -0.39 is 41.0 Å². The van der Waals surface area contributed by atoms with E-state index in [9.17, 15) is 18.8 Å². The molecule has 2 saturated heterocycles. The molecule has 0 radical (unpaired) electrons. The number of carbonyl (C=O) groups is 3. The fourth-order valence-corrected chi connectivity index (χ4v) is 5.49. The van der Waals surface area contributed by atoms with Gasteiger partial charge in [0.05, 0.1) is 18.4 Å². The third-order valence-corrected chi connectivity index (χ3v) is 7.08. The Kier molecular flexibility index (Phi) is 4.46. The molecule has 0 bridgehead atoms. The van der Waals surface area contributed by atoms with Crippen molar-refractivity contribution in [2.75, 3.05) is 5.32 Å². The van der Waals surface area contributed by atoms with Gasteiger partial charge in [0.15, 0.2) is 0 Å². The fourth-order valence-electron chi connectivity index (χ4n) is 5.29. The second kappa shape index (κ2) is 6.87. The van der Waals surface area contributed by atoms with Crippen LogP contribution in [0.4, 0.5) is 10.1 Å². The average molecular weight is 442 g/mol. The van der Waals surface area contributed by atoms with Gasteiger partial charge in [0, 0.05) is 22.3 Å². The number of nitrogens with zero attached hydrogens (tertiary/aromatic N) is 1. The molecule has 2 fully saturated rings. The van der Waals surface area contributed by atoms with Crippen LogP contribution in [0.2, 0.25) is 5.02 Å². The van der Waals surface area contributed by atoms with E-state index in [1.165, 1.54) is 23.1 Å². The summed E-state index contributed by atoms with van der Waals surface area (Å²) in [5.74, 6) is -3.45. The van der Waals surface area contributed by atoms with E-state index in [0.717, 1.165) is 0 Å². The normalized spacial score (nSPS) is 29.1. The molecule has 2 N–H and O–H groups in total. The molecule has 5 rings (SSSR count). The zero-order chi connectivity index (χ0) is 22.1. The Hall–Kier alpha value is -2.77. The van der Waals surface area contributed by atoms with Gasteiger partial charge in [0.1, 0.15) is 11.4 Å². The molecule has 0 aromatic heterocycles. The first kappa shape index (κ1) is 20.2. The van der Waals surface area contributed by atoms with Crippen LogP contribution in [0.1, 0.15) is 25.0 Å². The highest BCUT2D eigenvalue weighted by atomic mass is 35.5. The first-order valence-corrected chi connectivity index (χ1v) is 10.6. The summed E-state index contributed by atoms with van der Waals surface area (Å²) in [4.78, 5) is 41.5. The summed E-state index contributed by atoms with van der Waals surface area (Å²) in [6.07, 6.45) is 0. The molecule has 160 valence electrons. The zero-order valence-corrected chi connectivity index (χ0v) is 17.7. The molecule has 3 amide bonds. The first-order chi connectivity index (χ1) is 14.8. The van der Waals surface area contributed by atoms with Gasteiger partial charge in [0.25, 0.3) is 0 Å². The summed E-state index contributed by atoms with van der Waals surface area (Å²) in [6.45, 7) is 3.89. The van der Waals surface area contributed by atoms with Crippen LogP contribution < -0.4 is 10.6 Å². The lowest BCUT2D eigenvalue weighted by atomic mass is 9.76. The van der Waals surface area contributed by atoms with E-state index in [-0.39, 0.29) is 18.4 Å². The number of carbonyl (C=O) groups excluding carboxylic acids is 3. The van der Waals surface area contributed by atoms with Crippen molar-refractivity contribution in [2.45, 2.75) is 32.0 Å². The summed E-state index contributed by atoms with van der Waals surface area (Å²) >= 11 is 6.26. The summed E-state index contributed by atoms with van der Waals surface area (Å²) in [5.41, 5.74) is -0.0153. The summed E-state index contributed by atoms with van der Waals surface area (Å²) in [7, 11) is 0. The van der Waals surface area contributed by atoms with Gasteiger partial charge < -0.3 is 5.32 Å². The highest BCUT2D eigenvalue weighted by molar-refractivity contribution is 6.31. The van der Waals surface area contributed by atoms with Crippen LogP contribution >= 0.6 is 11.6 Å². The summed E-state index contributed by atoms with van der Waals surface area (Å²) in [6, 6.07) is 10.6. The predicted molar refractivity (Wildman–Crippen MR) is 112 cm³/mol. The topological polar surface area (TPSA) is 78.5 Å². The van der Waals surface area contributed by atoms with Gasteiger partial charge in [-0.25, -0.2) is 4.39 Å². The third kappa shape index (κ3) is 2.69. The van der Waals surface area contributed by atoms with Gasteiger partial charge in [-0.2, -0.15) is 0 Å².